The van der Waals surface area contributed by atoms with Crippen LogP contribution in [0.4, 0.5) is 0 Å². The van der Waals surface area contributed by atoms with Gasteiger partial charge in [0.25, 0.3) is 0 Å². The number of carbonyl (C=O) groups excluding carboxylic acids is 1. The smallest absolute Gasteiger partial charge is 0.228 e. The standard InChI is InChI=1S/C16H20N4O2S/c1-10-4-5-17-16(18-10)13-9-20(6-7-22-13)15(21)8-14-11(2)19-12(3)23-14/h4-5,13H,6-9H2,1-3H3. The number of amides is 1. The fraction of sp³-hybridized carbons (Fsp3) is 0.500. The Hall–Kier alpha value is -1.86. The first-order valence-corrected chi connectivity index (χ1v) is 8.46. The van der Waals surface area contributed by atoms with Gasteiger partial charge in [0.1, 0.15) is 6.10 Å². The van der Waals surface area contributed by atoms with Crippen LogP contribution in [-0.4, -0.2) is 45.5 Å². The fourth-order valence-electron chi connectivity index (χ4n) is 2.64. The van der Waals surface area contributed by atoms with Gasteiger partial charge in [-0.2, -0.15) is 0 Å². The molecular weight excluding hydrogens is 312 g/mol. The number of ether oxygens (including phenoxy) is 1. The molecular formula is C16H20N4O2S. The summed E-state index contributed by atoms with van der Waals surface area (Å²) in [5, 5.41) is 0.998. The van der Waals surface area contributed by atoms with E-state index in [1.165, 1.54) is 0 Å². The van der Waals surface area contributed by atoms with E-state index in [0.29, 0.717) is 31.9 Å². The van der Waals surface area contributed by atoms with Crippen LogP contribution in [0, 0.1) is 20.8 Å². The van der Waals surface area contributed by atoms with E-state index < -0.39 is 0 Å². The molecule has 1 unspecified atom stereocenters. The van der Waals surface area contributed by atoms with E-state index >= 15 is 0 Å². The van der Waals surface area contributed by atoms with Gasteiger partial charge in [-0.05, 0) is 26.8 Å². The second-order valence-corrected chi connectivity index (χ2v) is 6.96. The molecule has 23 heavy (non-hydrogen) atoms. The van der Waals surface area contributed by atoms with Crippen molar-refractivity contribution in [1.29, 1.82) is 0 Å². The number of carbonyl (C=O) groups is 1. The molecule has 0 saturated carbocycles. The fourth-order valence-corrected chi connectivity index (χ4v) is 3.57. The summed E-state index contributed by atoms with van der Waals surface area (Å²) in [6.45, 7) is 7.46. The van der Waals surface area contributed by atoms with Crippen molar-refractivity contribution in [3.8, 4) is 0 Å². The molecule has 2 aromatic heterocycles. The molecule has 1 aliphatic heterocycles. The molecule has 1 amide bonds. The number of aromatic nitrogens is 3. The summed E-state index contributed by atoms with van der Waals surface area (Å²) in [4.78, 5) is 28.5. The van der Waals surface area contributed by atoms with E-state index in [2.05, 4.69) is 15.0 Å². The van der Waals surface area contributed by atoms with Crippen LogP contribution < -0.4 is 0 Å². The summed E-state index contributed by atoms with van der Waals surface area (Å²) in [5.74, 6) is 0.755. The minimum atomic E-state index is -0.253. The Morgan fingerprint density at radius 3 is 2.91 bits per heavy atom. The van der Waals surface area contributed by atoms with Crippen LogP contribution in [-0.2, 0) is 16.0 Å². The van der Waals surface area contributed by atoms with Crippen molar-refractivity contribution in [2.75, 3.05) is 19.7 Å². The van der Waals surface area contributed by atoms with Crippen molar-refractivity contribution in [1.82, 2.24) is 19.9 Å². The van der Waals surface area contributed by atoms with Crippen molar-refractivity contribution in [3.63, 3.8) is 0 Å². The summed E-state index contributed by atoms with van der Waals surface area (Å²) < 4.78 is 5.75. The van der Waals surface area contributed by atoms with E-state index in [1.54, 1.807) is 17.5 Å². The summed E-state index contributed by atoms with van der Waals surface area (Å²) in [6.07, 6.45) is 1.88. The lowest BCUT2D eigenvalue weighted by molar-refractivity contribution is -0.138. The third kappa shape index (κ3) is 3.73. The number of rotatable bonds is 3. The topological polar surface area (TPSA) is 68.2 Å². The van der Waals surface area contributed by atoms with Crippen LogP contribution in [0.1, 0.15) is 33.2 Å². The van der Waals surface area contributed by atoms with E-state index in [-0.39, 0.29) is 12.0 Å². The number of hydrogen-bond donors (Lipinski definition) is 0. The molecule has 2 aromatic rings. The maximum Gasteiger partial charge on any atom is 0.228 e. The first-order valence-electron chi connectivity index (χ1n) is 7.65. The van der Waals surface area contributed by atoms with Gasteiger partial charge >= 0.3 is 0 Å². The Labute approximate surface area is 139 Å². The molecule has 7 heteroatoms. The number of thiazole rings is 1. The number of hydrogen-bond acceptors (Lipinski definition) is 6. The molecule has 0 aromatic carbocycles. The lowest BCUT2D eigenvalue weighted by Crippen LogP contribution is -2.43. The Morgan fingerprint density at radius 1 is 1.39 bits per heavy atom. The molecule has 0 N–H and O–H groups in total. The SMILES string of the molecule is Cc1ccnc(C2CN(C(=O)Cc3sc(C)nc3C)CCO2)n1. The van der Waals surface area contributed by atoms with Crippen LogP contribution in [0.5, 0.6) is 0 Å². The Bertz CT molecular complexity index is 716. The molecule has 122 valence electrons. The third-order valence-corrected chi connectivity index (χ3v) is 4.90. The van der Waals surface area contributed by atoms with Gasteiger partial charge < -0.3 is 9.64 Å². The van der Waals surface area contributed by atoms with Gasteiger partial charge in [-0.1, -0.05) is 0 Å². The van der Waals surface area contributed by atoms with Gasteiger partial charge in [0.05, 0.1) is 30.3 Å². The molecule has 6 nitrogen and oxygen atoms in total. The molecule has 0 radical (unpaired) electrons. The van der Waals surface area contributed by atoms with Crippen molar-refractivity contribution >= 4 is 17.2 Å². The average molecular weight is 332 g/mol. The molecule has 1 saturated heterocycles. The van der Waals surface area contributed by atoms with Crippen LogP contribution in [0.15, 0.2) is 12.3 Å². The van der Waals surface area contributed by atoms with Crippen molar-refractivity contribution in [3.05, 3.63) is 39.4 Å². The lowest BCUT2D eigenvalue weighted by Gasteiger charge is -2.32. The number of nitrogens with zero attached hydrogens (tertiary/aromatic N) is 4. The zero-order chi connectivity index (χ0) is 16.4. The first kappa shape index (κ1) is 16.0. The zero-order valence-electron chi connectivity index (χ0n) is 13.6. The van der Waals surface area contributed by atoms with Crippen LogP contribution in [0.3, 0.4) is 0 Å². The van der Waals surface area contributed by atoms with Crippen molar-refractivity contribution < 1.29 is 9.53 Å². The normalized spacial score (nSPS) is 18.2. The highest BCUT2D eigenvalue weighted by molar-refractivity contribution is 7.11. The predicted molar refractivity (Wildman–Crippen MR) is 87.3 cm³/mol. The summed E-state index contributed by atoms with van der Waals surface area (Å²) in [6, 6.07) is 1.85. The predicted octanol–water partition coefficient (Wildman–Crippen LogP) is 2.00. The highest BCUT2D eigenvalue weighted by Gasteiger charge is 2.27. The average Bonchev–Trinajstić information content (AvgIpc) is 2.85. The maximum atomic E-state index is 12.6. The monoisotopic (exact) mass is 332 g/mol. The highest BCUT2D eigenvalue weighted by Crippen LogP contribution is 2.22. The molecule has 1 atom stereocenters. The largest absolute Gasteiger partial charge is 0.367 e. The molecule has 0 spiro atoms. The van der Waals surface area contributed by atoms with Crippen LogP contribution >= 0.6 is 11.3 Å². The molecule has 0 aliphatic carbocycles. The lowest BCUT2D eigenvalue weighted by atomic mass is 10.2. The molecule has 1 aliphatic rings. The first-order chi connectivity index (χ1) is 11.0. The molecule has 3 heterocycles. The number of morpholine rings is 1. The van der Waals surface area contributed by atoms with E-state index in [4.69, 9.17) is 4.74 Å². The number of aryl methyl sites for hydroxylation is 3. The second-order valence-electron chi connectivity index (χ2n) is 5.67. The van der Waals surface area contributed by atoms with Crippen LogP contribution in [0.25, 0.3) is 0 Å². The molecule has 3 rings (SSSR count). The molecule has 0 bridgehead atoms. The maximum absolute atomic E-state index is 12.6. The van der Waals surface area contributed by atoms with Crippen molar-refractivity contribution in [2.24, 2.45) is 0 Å². The second kappa shape index (κ2) is 6.72. The van der Waals surface area contributed by atoms with Gasteiger partial charge in [0.2, 0.25) is 5.91 Å². The molecule has 1 fully saturated rings. The zero-order valence-corrected chi connectivity index (χ0v) is 14.4. The quantitative estimate of drug-likeness (QED) is 0.860. The van der Waals surface area contributed by atoms with Gasteiger partial charge in [0, 0.05) is 23.3 Å². The van der Waals surface area contributed by atoms with E-state index in [1.807, 2.05) is 31.7 Å². The van der Waals surface area contributed by atoms with E-state index in [9.17, 15) is 4.79 Å². The summed E-state index contributed by atoms with van der Waals surface area (Å²) >= 11 is 1.59. The third-order valence-electron chi connectivity index (χ3n) is 3.83. The Balaban J connectivity index is 1.68. The van der Waals surface area contributed by atoms with Gasteiger partial charge in [-0.3, -0.25) is 4.79 Å². The minimum absolute atomic E-state index is 0.109. The summed E-state index contributed by atoms with van der Waals surface area (Å²) in [7, 11) is 0. The van der Waals surface area contributed by atoms with Crippen LogP contribution in [0.2, 0.25) is 0 Å². The van der Waals surface area contributed by atoms with Gasteiger partial charge in [-0.15, -0.1) is 11.3 Å². The highest BCUT2D eigenvalue weighted by atomic mass is 32.1. The van der Waals surface area contributed by atoms with Gasteiger partial charge in [0.15, 0.2) is 5.82 Å². The van der Waals surface area contributed by atoms with Crippen molar-refractivity contribution in [2.45, 2.75) is 33.3 Å². The Morgan fingerprint density at radius 2 is 2.22 bits per heavy atom. The Kier molecular flexibility index (Phi) is 4.68. The minimum Gasteiger partial charge on any atom is -0.367 e. The van der Waals surface area contributed by atoms with E-state index in [0.717, 1.165) is 21.3 Å². The van der Waals surface area contributed by atoms with Gasteiger partial charge in [-0.25, -0.2) is 15.0 Å². The summed E-state index contributed by atoms with van der Waals surface area (Å²) in [5.41, 5.74) is 1.85.